The van der Waals surface area contributed by atoms with Crippen molar-refractivity contribution in [3.05, 3.63) is 35.0 Å². The number of amides is 2. The van der Waals surface area contributed by atoms with Gasteiger partial charge in [-0.2, -0.15) is 22.0 Å². The molecule has 33 heavy (non-hydrogen) atoms. The van der Waals surface area contributed by atoms with Crippen LogP contribution < -0.4 is 20.1 Å². The van der Waals surface area contributed by atoms with Crippen molar-refractivity contribution in [2.45, 2.75) is 45.3 Å². The average Bonchev–Trinajstić information content (AvgIpc) is 2.70. The van der Waals surface area contributed by atoms with Crippen LogP contribution >= 0.6 is 0 Å². The molecule has 1 aliphatic rings. The number of nitrogens with one attached hydrogen (secondary N) is 2. The minimum atomic E-state index is -5.86. The molecule has 2 rings (SSSR count). The molecular weight excluding hydrogens is 462 g/mol. The van der Waals surface area contributed by atoms with Crippen molar-refractivity contribution < 1.29 is 50.1 Å². The van der Waals surface area contributed by atoms with Gasteiger partial charge in [-0.1, -0.05) is 19.9 Å². The lowest BCUT2D eigenvalue weighted by Crippen LogP contribution is -2.46. The summed E-state index contributed by atoms with van der Waals surface area (Å²) in [7, 11) is 1.01. The zero-order chi connectivity index (χ0) is 25.1. The number of esters is 1. The Morgan fingerprint density at radius 2 is 1.79 bits per heavy atom. The SMILES string of the molecule is COc1cc([C@@H]2NC(=O)NC(C)=C2C(=O)OCC(C)C)ccc1OC(F)(F)[C@@H](F)C(F)(F)F. The maximum atomic E-state index is 13.7. The second-order valence-corrected chi connectivity index (χ2v) is 7.54. The van der Waals surface area contributed by atoms with Gasteiger partial charge in [0.1, 0.15) is 0 Å². The summed E-state index contributed by atoms with van der Waals surface area (Å²) >= 11 is 0. The number of ether oxygens (including phenoxy) is 3. The highest BCUT2D eigenvalue weighted by Gasteiger charge is 2.59. The average molecular weight is 484 g/mol. The van der Waals surface area contributed by atoms with Crippen LogP contribution in [0.5, 0.6) is 11.5 Å². The summed E-state index contributed by atoms with van der Waals surface area (Å²) in [6, 6.07) is 1.20. The third kappa shape index (κ3) is 6.23. The van der Waals surface area contributed by atoms with Gasteiger partial charge in [0, 0.05) is 5.70 Å². The third-order valence-electron chi connectivity index (χ3n) is 4.39. The van der Waals surface area contributed by atoms with Crippen molar-refractivity contribution >= 4 is 12.0 Å². The van der Waals surface area contributed by atoms with E-state index in [1.165, 1.54) is 6.92 Å². The maximum Gasteiger partial charge on any atom is 0.439 e. The van der Waals surface area contributed by atoms with Crippen LogP contribution in [0.3, 0.4) is 0 Å². The van der Waals surface area contributed by atoms with Crippen molar-refractivity contribution in [2.75, 3.05) is 13.7 Å². The molecule has 0 saturated heterocycles. The molecule has 0 aliphatic carbocycles. The van der Waals surface area contributed by atoms with Gasteiger partial charge in [0.2, 0.25) is 0 Å². The van der Waals surface area contributed by atoms with Crippen LogP contribution in [0, 0.1) is 5.92 Å². The van der Waals surface area contributed by atoms with Crippen molar-refractivity contribution in [3.63, 3.8) is 0 Å². The topological polar surface area (TPSA) is 85.9 Å². The fraction of sp³-hybridized carbons (Fsp3) is 0.500. The highest BCUT2D eigenvalue weighted by atomic mass is 19.4. The second-order valence-electron chi connectivity index (χ2n) is 7.54. The highest BCUT2D eigenvalue weighted by Crippen LogP contribution is 2.41. The Balaban J connectivity index is 2.40. The molecule has 0 aromatic heterocycles. The minimum Gasteiger partial charge on any atom is -0.493 e. The number of alkyl halides is 6. The van der Waals surface area contributed by atoms with Gasteiger partial charge in [0.25, 0.3) is 6.17 Å². The van der Waals surface area contributed by atoms with Crippen LogP contribution in [-0.4, -0.2) is 44.2 Å². The molecule has 184 valence electrons. The number of rotatable bonds is 8. The number of urea groups is 1. The predicted octanol–water partition coefficient (Wildman–Crippen LogP) is 4.39. The largest absolute Gasteiger partial charge is 0.493 e. The van der Waals surface area contributed by atoms with Crippen LogP contribution in [0.2, 0.25) is 0 Å². The van der Waals surface area contributed by atoms with E-state index in [0.29, 0.717) is 0 Å². The van der Waals surface area contributed by atoms with E-state index < -0.39 is 48.0 Å². The number of benzene rings is 1. The van der Waals surface area contributed by atoms with Crippen molar-refractivity contribution in [1.29, 1.82) is 0 Å². The van der Waals surface area contributed by atoms with Crippen LogP contribution in [0.25, 0.3) is 0 Å². The summed E-state index contributed by atoms with van der Waals surface area (Å²) in [5, 5.41) is 4.90. The third-order valence-corrected chi connectivity index (χ3v) is 4.39. The first-order valence-electron chi connectivity index (χ1n) is 9.58. The molecule has 0 saturated carbocycles. The molecule has 2 amide bonds. The Morgan fingerprint density at radius 3 is 2.33 bits per heavy atom. The molecule has 2 atom stereocenters. The molecule has 2 N–H and O–H groups in total. The quantitative estimate of drug-likeness (QED) is 0.422. The molecule has 1 aliphatic heterocycles. The van der Waals surface area contributed by atoms with E-state index >= 15 is 0 Å². The Labute approximate surface area is 185 Å². The van der Waals surface area contributed by atoms with Crippen molar-refractivity contribution in [1.82, 2.24) is 10.6 Å². The lowest BCUT2D eigenvalue weighted by molar-refractivity contribution is -0.305. The first-order valence-corrected chi connectivity index (χ1v) is 9.58. The summed E-state index contributed by atoms with van der Waals surface area (Å²) in [6.07, 6.45) is -15.7. The van der Waals surface area contributed by atoms with Gasteiger partial charge in [-0.3, -0.25) is 0 Å². The first kappa shape index (κ1) is 26.1. The van der Waals surface area contributed by atoms with Gasteiger partial charge in [-0.25, -0.2) is 14.0 Å². The molecule has 0 radical (unpaired) electrons. The van der Waals surface area contributed by atoms with Crippen LogP contribution in [-0.2, 0) is 9.53 Å². The fourth-order valence-electron chi connectivity index (χ4n) is 2.87. The van der Waals surface area contributed by atoms with E-state index in [4.69, 9.17) is 9.47 Å². The fourth-order valence-corrected chi connectivity index (χ4v) is 2.87. The number of halogens is 6. The lowest BCUT2D eigenvalue weighted by atomic mass is 9.95. The van der Waals surface area contributed by atoms with Gasteiger partial charge >= 0.3 is 24.3 Å². The summed E-state index contributed by atoms with van der Waals surface area (Å²) in [6.45, 7) is 5.16. The summed E-state index contributed by atoms with van der Waals surface area (Å²) < 4.78 is 91.8. The molecule has 7 nitrogen and oxygen atoms in total. The minimum absolute atomic E-state index is 0.0113. The van der Waals surface area contributed by atoms with E-state index in [-0.39, 0.29) is 29.4 Å². The molecule has 1 aromatic carbocycles. The number of hydrogen-bond acceptors (Lipinski definition) is 5. The standard InChI is InChI=1S/C20H22F6N2O5/c1-9(2)8-32-16(29)14-10(3)27-18(30)28-15(14)11-5-6-12(13(7-11)31-4)33-20(25,26)17(21)19(22,23)24/h5-7,9,15,17H,8H2,1-4H3,(H2,27,28,30)/t15-,17-/m0/s1. The van der Waals surface area contributed by atoms with Gasteiger partial charge < -0.3 is 24.8 Å². The molecular formula is C20H22F6N2O5. The molecule has 0 fully saturated rings. The smallest absolute Gasteiger partial charge is 0.439 e. The summed E-state index contributed by atoms with van der Waals surface area (Å²) in [5.41, 5.74) is 0.326. The second kappa shape index (κ2) is 9.79. The number of methoxy groups -OCH3 is 1. The van der Waals surface area contributed by atoms with Crippen LogP contribution in [0.1, 0.15) is 32.4 Å². The number of allylic oxidation sites excluding steroid dienone is 1. The molecule has 13 heteroatoms. The van der Waals surface area contributed by atoms with E-state index in [0.717, 1.165) is 25.3 Å². The van der Waals surface area contributed by atoms with Gasteiger partial charge in [0.15, 0.2) is 11.5 Å². The molecule has 1 heterocycles. The van der Waals surface area contributed by atoms with Crippen LogP contribution in [0.4, 0.5) is 31.1 Å². The van der Waals surface area contributed by atoms with Crippen molar-refractivity contribution in [3.8, 4) is 11.5 Å². The molecule has 1 aromatic rings. The Bertz CT molecular complexity index is 932. The normalized spacial score (nSPS) is 17.9. The van der Waals surface area contributed by atoms with E-state index in [2.05, 4.69) is 15.4 Å². The van der Waals surface area contributed by atoms with E-state index in [9.17, 15) is 35.9 Å². The number of carbonyl (C=O) groups excluding carboxylic acids is 2. The van der Waals surface area contributed by atoms with E-state index in [1.807, 2.05) is 13.8 Å². The predicted molar refractivity (Wildman–Crippen MR) is 102 cm³/mol. The Morgan fingerprint density at radius 1 is 1.15 bits per heavy atom. The van der Waals surface area contributed by atoms with Gasteiger partial charge in [-0.05, 0) is 30.5 Å². The van der Waals surface area contributed by atoms with Crippen LogP contribution in [0.15, 0.2) is 29.5 Å². The molecule has 0 spiro atoms. The van der Waals surface area contributed by atoms with Gasteiger partial charge in [-0.15, -0.1) is 0 Å². The number of hydrogen-bond donors (Lipinski definition) is 2. The lowest BCUT2D eigenvalue weighted by Gasteiger charge is -2.29. The molecule has 0 bridgehead atoms. The molecule has 0 unspecified atom stereocenters. The zero-order valence-corrected chi connectivity index (χ0v) is 18.0. The number of carbonyl (C=O) groups is 2. The van der Waals surface area contributed by atoms with Gasteiger partial charge in [0.05, 0.1) is 25.3 Å². The Hall–Kier alpha value is -3.12. The monoisotopic (exact) mass is 484 g/mol. The summed E-state index contributed by atoms with van der Waals surface area (Å²) in [5.74, 6) is -2.10. The zero-order valence-electron chi connectivity index (χ0n) is 18.0. The van der Waals surface area contributed by atoms with E-state index in [1.54, 1.807) is 0 Å². The summed E-state index contributed by atoms with van der Waals surface area (Å²) in [4.78, 5) is 24.6. The Kier molecular flexibility index (Phi) is 7.75. The van der Waals surface area contributed by atoms with Crippen molar-refractivity contribution in [2.24, 2.45) is 5.92 Å². The highest BCUT2D eigenvalue weighted by molar-refractivity contribution is 5.95. The maximum absolute atomic E-state index is 13.7. The first-order chi connectivity index (χ1) is 15.2.